The van der Waals surface area contributed by atoms with Crippen molar-refractivity contribution in [2.75, 3.05) is 26.7 Å². The average molecular weight is 306 g/mol. The molecule has 5 heteroatoms. The van der Waals surface area contributed by atoms with E-state index in [0.29, 0.717) is 0 Å². The predicted molar refractivity (Wildman–Crippen MR) is 83.5 cm³/mol. The summed E-state index contributed by atoms with van der Waals surface area (Å²) in [5, 5.41) is 9.49. The van der Waals surface area contributed by atoms with E-state index in [-0.39, 0.29) is 12.3 Å². The standard InChI is InChI=1S/C17H26N2O3/c1-18-15(20)11-14(16(21)22)17(18)7-9-19(10-8-17)12-13-5-3-2-4-6-13/h5,14H,2-4,6-12H2,1H3,(H,21,22)/t14-/m0/s1. The normalized spacial score (nSPS) is 29.0. The fourth-order valence-electron chi connectivity index (χ4n) is 4.42. The number of rotatable bonds is 3. The van der Waals surface area contributed by atoms with Gasteiger partial charge in [-0.15, -0.1) is 0 Å². The minimum absolute atomic E-state index is 0.0177. The number of likely N-dealkylation sites (tertiary alicyclic amines) is 2. The highest BCUT2D eigenvalue weighted by atomic mass is 16.4. The Morgan fingerprint density at radius 2 is 2.09 bits per heavy atom. The van der Waals surface area contributed by atoms with Gasteiger partial charge in [0.2, 0.25) is 5.91 Å². The number of aliphatic carboxylic acids is 1. The fourth-order valence-corrected chi connectivity index (χ4v) is 4.42. The number of carbonyl (C=O) groups is 2. The summed E-state index contributed by atoms with van der Waals surface area (Å²) in [6, 6.07) is 0. The highest BCUT2D eigenvalue weighted by Crippen LogP contribution is 2.42. The van der Waals surface area contributed by atoms with Crippen LogP contribution in [0.5, 0.6) is 0 Å². The van der Waals surface area contributed by atoms with Crippen LogP contribution in [0.1, 0.15) is 44.9 Å². The molecule has 1 N–H and O–H groups in total. The van der Waals surface area contributed by atoms with E-state index in [1.807, 2.05) is 0 Å². The van der Waals surface area contributed by atoms with Gasteiger partial charge in [0.1, 0.15) is 0 Å². The Labute approximate surface area is 132 Å². The lowest BCUT2D eigenvalue weighted by atomic mass is 9.77. The van der Waals surface area contributed by atoms with E-state index in [1.165, 1.54) is 31.3 Å². The molecule has 0 aromatic heterocycles. The van der Waals surface area contributed by atoms with Crippen molar-refractivity contribution >= 4 is 11.9 Å². The summed E-state index contributed by atoms with van der Waals surface area (Å²) in [5.41, 5.74) is 1.08. The third kappa shape index (κ3) is 2.67. The van der Waals surface area contributed by atoms with Crippen molar-refractivity contribution in [3.8, 4) is 0 Å². The topological polar surface area (TPSA) is 60.9 Å². The summed E-state index contributed by atoms with van der Waals surface area (Å²) in [7, 11) is 1.78. The molecule has 1 aliphatic carbocycles. The molecule has 0 aromatic rings. The maximum atomic E-state index is 12.0. The zero-order valence-corrected chi connectivity index (χ0v) is 13.4. The fraction of sp³-hybridized carbons (Fsp3) is 0.765. The van der Waals surface area contributed by atoms with Crippen LogP contribution in [0.3, 0.4) is 0 Å². The first kappa shape index (κ1) is 15.5. The van der Waals surface area contributed by atoms with E-state index in [4.69, 9.17) is 0 Å². The molecule has 0 unspecified atom stereocenters. The minimum Gasteiger partial charge on any atom is -0.481 e. The van der Waals surface area contributed by atoms with Crippen molar-refractivity contribution in [1.82, 2.24) is 9.80 Å². The van der Waals surface area contributed by atoms with Crippen molar-refractivity contribution in [2.24, 2.45) is 5.92 Å². The van der Waals surface area contributed by atoms with Crippen LogP contribution in [0.4, 0.5) is 0 Å². The van der Waals surface area contributed by atoms with E-state index in [1.54, 1.807) is 11.9 Å². The van der Waals surface area contributed by atoms with Crippen molar-refractivity contribution in [1.29, 1.82) is 0 Å². The van der Waals surface area contributed by atoms with Gasteiger partial charge in [-0.05, 0) is 38.5 Å². The SMILES string of the molecule is CN1C(=O)C[C@@H](C(=O)O)C12CCN(CC1=CCCCC1)CC2. The number of carboxylic acids is 1. The van der Waals surface area contributed by atoms with Crippen LogP contribution in [-0.4, -0.2) is 59.0 Å². The molecule has 0 radical (unpaired) electrons. The van der Waals surface area contributed by atoms with Gasteiger partial charge in [0.05, 0.1) is 11.5 Å². The number of hydrogen-bond acceptors (Lipinski definition) is 3. The molecular weight excluding hydrogens is 280 g/mol. The molecule has 3 aliphatic rings. The van der Waals surface area contributed by atoms with Crippen LogP contribution in [0.25, 0.3) is 0 Å². The van der Waals surface area contributed by atoms with E-state index >= 15 is 0 Å². The molecule has 1 spiro atoms. The molecule has 122 valence electrons. The van der Waals surface area contributed by atoms with Crippen LogP contribution in [0.2, 0.25) is 0 Å². The Hall–Kier alpha value is -1.36. The first-order valence-electron chi connectivity index (χ1n) is 8.43. The van der Waals surface area contributed by atoms with Gasteiger partial charge in [-0.3, -0.25) is 14.5 Å². The molecule has 1 atom stereocenters. The van der Waals surface area contributed by atoms with E-state index < -0.39 is 17.4 Å². The number of amides is 1. The second-order valence-corrected chi connectivity index (χ2v) is 7.04. The smallest absolute Gasteiger partial charge is 0.309 e. The highest BCUT2D eigenvalue weighted by molar-refractivity contribution is 5.88. The Balaban J connectivity index is 1.65. The molecule has 0 bridgehead atoms. The van der Waals surface area contributed by atoms with Gasteiger partial charge in [0.15, 0.2) is 0 Å². The monoisotopic (exact) mass is 306 g/mol. The lowest BCUT2D eigenvalue weighted by Gasteiger charge is -2.45. The molecule has 1 amide bonds. The molecule has 22 heavy (non-hydrogen) atoms. The minimum atomic E-state index is -0.818. The van der Waals surface area contributed by atoms with Gasteiger partial charge in [-0.1, -0.05) is 11.6 Å². The van der Waals surface area contributed by atoms with Crippen molar-refractivity contribution < 1.29 is 14.7 Å². The maximum absolute atomic E-state index is 12.0. The van der Waals surface area contributed by atoms with Crippen LogP contribution in [0.15, 0.2) is 11.6 Å². The van der Waals surface area contributed by atoms with Crippen molar-refractivity contribution in [3.05, 3.63) is 11.6 Å². The summed E-state index contributed by atoms with van der Waals surface area (Å²) in [6.45, 7) is 2.79. The Bertz CT molecular complexity index is 492. The van der Waals surface area contributed by atoms with Gasteiger partial charge in [0.25, 0.3) is 0 Å². The van der Waals surface area contributed by atoms with E-state index in [2.05, 4.69) is 11.0 Å². The van der Waals surface area contributed by atoms with Crippen molar-refractivity contribution in [3.63, 3.8) is 0 Å². The zero-order valence-electron chi connectivity index (χ0n) is 13.4. The Kier molecular flexibility index (Phi) is 4.26. The second kappa shape index (κ2) is 6.03. The van der Waals surface area contributed by atoms with Gasteiger partial charge in [-0.25, -0.2) is 0 Å². The summed E-state index contributed by atoms with van der Waals surface area (Å²) in [5.74, 6) is -1.38. The Morgan fingerprint density at radius 1 is 1.36 bits per heavy atom. The number of hydrogen-bond donors (Lipinski definition) is 1. The maximum Gasteiger partial charge on any atom is 0.309 e. The summed E-state index contributed by atoms with van der Waals surface area (Å²) in [4.78, 5) is 27.7. The lowest BCUT2D eigenvalue weighted by Crippen LogP contribution is -2.56. The average Bonchev–Trinajstić information content (AvgIpc) is 2.76. The largest absolute Gasteiger partial charge is 0.481 e. The van der Waals surface area contributed by atoms with Crippen LogP contribution in [0, 0.1) is 5.92 Å². The third-order valence-electron chi connectivity index (χ3n) is 5.90. The Morgan fingerprint density at radius 3 is 2.68 bits per heavy atom. The van der Waals surface area contributed by atoms with E-state index in [0.717, 1.165) is 32.5 Å². The molecule has 2 fully saturated rings. The molecule has 2 heterocycles. The molecule has 3 rings (SSSR count). The van der Waals surface area contributed by atoms with Gasteiger partial charge >= 0.3 is 5.97 Å². The summed E-state index contributed by atoms with van der Waals surface area (Å²) in [6.07, 6.45) is 9.10. The zero-order chi connectivity index (χ0) is 15.7. The molecule has 0 aromatic carbocycles. The first-order chi connectivity index (χ1) is 10.5. The van der Waals surface area contributed by atoms with Crippen LogP contribution >= 0.6 is 0 Å². The predicted octanol–water partition coefficient (Wildman–Crippen LogP) is 1.88. The number of carbonyl (C=O) groups excluding carboxylic acids is 1. The van der Waals surface area contributed by atoms with Crippen molar-refractivity contribution in [2.45, 2.75) is 50.5 Å². The van der Waals surface area contributed by atoms with Crippen LogP contribution < -0.4 is 0 Å². The lowest BCUT2D eigenvalue weighted by molar-refractivity contribution is -0.146. The number of nitrogens with zero attached hydrogens (tertiary/aromatic N) is 2. The molecule has 0 saturated carbocycles. The quantitative estimate of drug-likeness (QED) is 0.809. The molecule has 5 nitrogen and oxygen atoms in total. The third-order valence-corrected chi connectivity index (χ3v) is 5.90. The van der Waals surface area contributed by atoms with E-state index in [9.17, 15) is 14.7 Å². The number of carboxylic acid groups (broad SMARTS) is 1. The summed E-state index contributed by atoms with van der Waals surface area (Å²) >= 11 is 0. The van der Waals surface area contributed by atoms with Gasteiger partial charge in [-0.2, -0.15) is 0 Å². The van der Waals surface area contributed by atoms with Crippen LogP contribution in [-0.2, 0) is 9.59 Å². The molecular formula is C17H26N2O3. The van der Waals surface area contributed by atoms with Gasteiger partial charge < -0.3 is 10.0 Å². The summed E-state index contributed by atoms with van der Waals surface area (Å²) < 4.78 is 0. The molecule has 2 saturated heterocycles. The highest BCUT2D eigenvalue weighted by Gasteiger charge is 2.55. The first-order valence-corrected chi connectivity index (χ1v) is 8.43. The second-order valence-electron chi connectivity index (χ2n) is 7.04. The van der Waals surface area contributed by atoms with Gasteiger partial charge in [0, 0.05) is 33.1 Å². The number of allylic oxidation sites excluding steroid dienone is 1. The molecule has 2 aliphatic heterocycles. The number of piperidine rings is 1.